The van der Waals surface area contributed by atoms with Gasteiger partial charge in [0.15, 0.2) is 0 Å². The first-order chi connectivity index (χ1) is 18.2. The largest absolute Gasteiger partial charge is 0.399 e. The Hall–Kier alpha value is -3.57. The van der Waals surface area contributed by atoms with Crippen LogP contribution in [0.5, 0.6) is 0 Å². The highest BCUT2D eigenvalue weighted by Crippen LogP contribution is 2.35. The summed E-state index contributed by atoms with van der Waals surface area (Å²) in [4.78, 5) is 2.31. The minimum Gasteiger partial charge on any atom is -0.399 e. The predicted molar refractivity (Wildman–Crippen MR) is 175 cm³/mol. The van der Waals surface area contributed by atoms with Gasteiger partial charge < -0.3 is 10.6 Å². The maximum absolute atomic E-state index is 5.46. The molecule has 0 unspecified atom stereocenters. The first-order valence-corrected chi connectivity index (χ1v) is 13.8. The van der Waals surface area contributed by atoms with Crippen molar-refractivity contribution in [3.8, 4) is 0 Å². The van der Waals surface area contributed by atoms with Crippen molar-refractivity contribution in [3.05, 3.63) is 153 Å². The first kappa shape index (κ1) is 29.0. The third-order valence-electron chi connectivity index (χ3n) is 5.80. The van der Waals surface area contributed by atoms with Crippen LogP contribution in [0.3, 0.4) is 0 Å². The molecule has 0 aliphatic rings. The van der Waals surface area contributed by atoms with Gasteiger partial charge >= 0.3 is 0 Å². The van der Waals surface area contributed by atoms with E-state index in [0.717, 1.165) is 5.69 Å². The molecule has 0 aromatic heterocycles. The number of anilines is 4. The van der Waals surface area contributed by atoms with Crippen LogP contribution >= 0.6 is 22.6 Å². The van der Waals surface area contributed by atoms with Crippen LogP contribution in [0.2, 0.25) is 0 Å². The number of hydrogen-bond donors (Lipinski definition) is 1. The molecule has 38 heavy (non-hydrogen) atoms. The maximum atomic E-state index is 5.46. The SMILES string of the molecule is Cc1cccc(I)c1.Cc1cccc(N(c2cccc(C)c2)c2cccc(C)c2)c1.Cc1cccc(N)c1. The van der Waals surface area contributed by atoms with Gasteiger partial charge in [-0.05, 0) is 140 Å². The molecule has 0 amide bonds. The highest BCUT2D eigenvalue weighted by atomic mass is 127. The average molecular weight is 613 g/mol. The van der Waals surface area contributed by atoms with Gasteiger partial charge in [-0.15, -0.1) is 0 Å². The zero-order valence-corrected chi connectivity index (χ0v) is 25.1. The number of halogens is 1. The van der Waals surface area contributed by atoms with E-state index in [1.807, 2.05) is 31.2 Å². The van der Waals surface area contributed by atoms with E-state index in [0.29, 0.717) is 0 Å². The fraction of sp³-hybridized carbons (Fsp3) is 0.143. The van der Waals surface area contributed by atoms with Crippen molar-refractivity contribution in [2.24, 2.45) is 0 Å². The number of nitrogens with two attached hydrogens (primary N) is 1. The van der Waals surface area contributed by atoms with Crippen LogP contribution in [0.25, 0.3) is 0 Å². The van der Waals surface area contributed by atoms with E-state index in [1.54, 1.807) is 0 Å². The first-order valence-electron chi connectivity index (χ1n) is 12.8. The molecule has 0 aliphatic carbocycles. The number of hydrogen-bond acceptors (Lipinski definition) is 2. The van der Waals surface area contributed by atoms with Gasteiger partial charge in [-0.2, -0.15) is 0 Å². The standard InChI is InChI=1S/C21H21N.C7H7I.C7H9N/c1-16-7-4-10-19(13-16)22(20-11-5-8-17(2)14-20)21-12-6-9-18(3)15-21;2*1-6-3-2-4-7(8)5-6/h4-15H,1-3H3;2-5H,1H3;2-5H,8H2,1H3. The molecule has 0 saturated heterocycles. The summed E-state index contributed by atoms with van der Waals surface area (Å²) in [6.07, 6.45) is 0. The van der Waals surface area contributed by atoms with Gasteiger partial charge in [-0.25, -0.2) is 0 Å². The van der Waals surface area contributed by atoms with Crippen molar-refractivity contribution < 1.29 is 0 Å². The Morgan fingerprint density at radius 1 is 0.447 bits per heavy atom. The van der Waals surface area contributed by atoms with E-state index >= 15 is 0 Å². The lowest BCUT2D eigenvalue weighted by Crippen LogP contribution is -2.10. The minimum absolute atomic E-state index is 0.838. The highest BCUT2D eigenvalue weighted by molar-refractivity contribution is 14.1. The Morgan fingerprint density at radius 3 is 1.05 bits per heavy atom. The molecular weight excluding hydrogens is 575 g/mol. The van der Waals surface area contributed by atoms with Crippen molar-refractivity contribution in [2.45, 2.75) is 34.6 Å². The minimum atomic E-state index is 0.838. The maximum Gasteiger partial charge on any atom is 0.0464 e. The monoisotopic (exact) mass is 612 g/mol. The van der Waals surface area contributed by atoms with Crippen LogP contribution in [0.4, 0.5) is 22.7 Å². The van der Waals surface area contributed by atoms with Gasteiger partial charge in [0.2, 0.25) is 0 Å². The third kappa shape index (κ3) is 9.38. The van der Waals surface area contributed by atoms with E-state index in [9.17, 15) is 0 Å². The summed E-state index contributed by atoms with van der Waals surface area (Å²) < 4.78 is 1.31. The van der Waals surface area contributed by atoms with E-state index < -0.39 is 0 Å². The molecule has 5 aromatic rings. The number of nitrogen functional groups attached to an aromatic ring is 1. The summed E-state index contributed by atoms with van der Waals surface area (Å²) in [5.41, 5.74) is 16.2. The van der Waals surface area contributed by atoms with Crippen LogP contribution in [-0.2, 0) is 0 Å². The Kier molecular flexibility index (Phi) is 11.0. The van der Waals surface area contributed by atoms with Gasteiger partial charge in [-0.3, -0.25) is 0 Å². The molecule has 0 bridgehead atoms. The molecule has 0 saturated carbocycles. The molecule has 5 rings (SSSR count). The summed E-state index contributed by atoms with van der Waals surface area (Å²) in [7, 11) is 0. The zero-order chi connectivity index (χ0) is 27.5. The van der Waals surface area contributed by atoms with Crippen molar-refractivity contribution in [1.29, 1.82) is 0 Å². The zero-order valence-electron chi connectivity index (χ0n) is 22.9. The van der Waals surface area contributed by atoms with Crippen molar-refractivity contribution >= 4 is 45.3 Å². The lowest BCUT2D eigenvalue weighted by Gasteiger charge is -2.26. The molecule has 3 heteroatoms. The highest BCUT2D eigenvalue weighted by Gasteiger charge is 2.12. The van der Waals surface area contributed by atoms with Crippen molar-refractivity contribution in [1.82, 2.24) is 0 Å². The Labute approximate surface area is 242 Å². The predicted octanol–water partition coefficient (Wildman–Crippen LogP) is 10.3. The number of aryl methyl sites for hydroxylation is 5. The Morgan fingerprint density at radius 2 is 0.789 bits per heavy atom. The third-order valence-corrected chi connectivity index (χ3v) is 6.47. The summed E-state index contributed by atoms with van der Waals surface area (Å²) in [6.45, 7) is 10.5. The van der Waals surface area contributed by atoms with Crippen LogP contribution in [0, 0.1) is 38.2 Å². The van der Waals surface area contributed by atoms with E-state index in [2.05, 4.69) is 152 Å². The lowest BCUT2D eigenvalue weighted by atomic mass is 10.1. The second-order valence-corrected chi connectivity index (χ2v) is 10.8. The smallest absolute Gasteiger partial charge is 0.0464 e. The number of rotatable bonds is 3. The quantitative estimate of drug-likeness (QED) is 0.162. The fourth-order valence-electron chi connectivity index (χ4n) is 4.02. The molecule has 0 atom stereocenters. The Balaban J connectivity index is 0.000000203. The molecule has 194 valence electrons. The topological polar surface area (TPSA) is 29.3 Å². The van der Waals surface area contributed by atoms with Gasteiger partial charge in [-0.1, -0.05) is 66.2 Å². The van der Waals surface area contributed by atoms with E-state index in [1.165, 1.54) is 48.4 Å². The molecule has 2 nitrogen and oxygen atoms in total. The Bertz CT molecular complexity index is 1270. The van der Waals surface area contributed by atoms with Crippen LogP contribution in [-0.4, -0.2) is 0 Å². The molecule has 0 spiro atoms. The molecule has 2 N–H and O–H groups in total. The number of nitrogens with zero attached hydrogens (tertiary/aromatic N) is 1. The summed E-state index contributed by atoms with van der Waals surface area (Å²) in [5, 5.41) is 0. The second kappa shape index (κ2) is 14.4. The molecular formula is C35H37IN2. The molecule has 5 aromatic carbocycles. The second-order valence-electron chi connectivity index (χ2n) is 9.57. The summed E-state index contributed by atoms with van der Waals surface area (Å²) in [6, 6.07) is 42.1. The van der Waals surface area contributed by atoms with Crippen LogP contribution in [0.1, 0.15) is 27.8 Å². The van der Waals surface area contributed by atoms with Crippen LogP contribution in [0.15, 0.2) is 121 Å². The van der Waals surface area contributed by atoms with Gasteiger partial charge in [0.1, 0.15) is 0 Å². The summed E-state index contributed by atoms with van der Waals surface area (Å²) >= 11 is 2.31. The molecule has 0 heterocycles. The van der Waals surface area contributed by atoms with Crippen molar-refractivity contribution in [3.63, 3.8) is 0 Å². The van der Waals surface area contributed by atoms with Gasteiger partial charge in [0, 0.05) is 26.3 Å². The summed E-state index contributed by atoms with van der Waals surface area (Å²) in [5.74, 6) is 0. The molecule has 0 radical (unpaired) electrons. The van der Waals surface area contributed by atoms with Gasteiger partial charge in [0.05, 0.1) is 0 Å². The number of benzene rings is 5. The van der Waals surface area contributed by atoms with Gasteiger partial charge in [0.25, 0.3) is 0 Å². The van der Waals surface area contributed by atoms with Crippen molar-refractivity contribution in [2.75, 3.05) is 10.6 Å². The van der Waals surface area contributed by atoms with E-state index in [4.69, 9.17) is 5.73 Å². The van der Waals surface area contributed by atoms with Crippen LogP contribution < -0.4 is 10.6 Å². The normalized spacial score (nSPS) is 9.95. The molecule has 0 aliphatic heterocycles. The lowest BCUT2D eigenvalue weighted by molar-refractivity contribution is 1.25. The molecule has 0 fully saturated rings. The van der Waals surface area contributed by atoms with E-state index in [-0.39, 0.29) is 0 Å². The average Bonchev–Trinajstić information content (AvgIpc) is 2.85. The fourth-order valence-corrected chi connectivity index (χ4v) is 4.72.